The molecule has 0 aliphatic heterocycles. The van der Waals surface area contributed by atoms with Crippen LogP contribution in [0.15, 0.2) is 18.6 Å². The minimum absolute atomic E-state index is 0.228. The molecule has 4 nitrogen and oxygen atoms in total. The Morgan fingerprint density at radius 1 is 1.54 bits per heavy atom. The van der Waals surface area contributed by atoms with Gasteiger partial charge in [-0.25, -0.2) is 18.7 Å². The van der Waals surface area contributed by atoms with Gasteiger partial charge in [-0.2, -0.15) is 0 Å². The molecule has 1 heterocycles. The van der Waals surface area contributed by atoms with Gasteiger partial charge in [0, 0.05) is 12.7 Å². The molecule has 0 saturated heterocycles. The zero-order valence-electron chi connectivity index (χ0n) is 6.69. The van der Waals surface area contributed by atoms with Gasteiger partial charge in [0.15, 0.2) is 0 Å². The van der Waals surface area contributed by atoms with Crippen LogP contribution in [0.3, 0.4) is 0 Å². The fourth-order valence-electron chi connectivity index (χ4n) is 0.693. The molecule has 1 unspecified atom stereocenters. The monoisotopic (exact) mass is 189 g/mol. The van der Waals surface area contributed by atoms with Crippen molar-refractivity contribution in [1.29, 1.82) is 0 Å². The molecule has 72 valence electrons. The first-order chi connectivity index (χ1) is 6.20. The molecule has 2 N–H and O–H groups in total. The van der Waals surface area contributed by atoms with Crippen LogP contribution >= 0.6 is 0 Å². The topological polar surface area (TPSA) is 58.0 Å². The van der Waals surface area contributed by atoms with E-state index in [1.807, 2.05) is 0 Å². The van der Waals surface area contributed by atoms with Crippen molar-refractivity contribution in [2.75, 3.05) is 11.9 Å². The summed E-state index contributed by atoms with van der Waals surface area (Å²) >= 11 is 0. The van der Waals surface area contributed by atoms with Crippen molar-refractivity contribution in [3.05, 3.63) is 18.6 Å². The molecule has 13 heavy (non-hydrogen) atoms. The minimum Gasteiger partial charge on any atom is -0.385 e. The van der Waals surface area contributed by atoms with Crippen molar-refractivity contribution in [2.45, 2.75) is 12.5 Å². The van der Waals surface area contributed by atoms with E-state index in [2.05, 4.69) is 15.3 Å². The largest absolute Gasteiger partial charge is 0.385 e. The molecule has 0 aromatic carbocycles. The Morgan fingerprint density at radius 2 is 2.31 bits per heavy atom. The first kappa shape index (κ1) is 9.79. The molecule has 0 aliphatic rings. The highest BCUT2D eigenvalue weighted by molar-refractivity contribution is 5.31. The lowest BCUT2D eigenvalue weighted by Crippen LogP contribution is -2.27. The number of aliphatic hydroxyl groups excluding tert-OH is 1. The van der Waals surface area contributed by atoms with Crippen molar-refractivity contribution in [3.8, 4) is 0 Å². The molecule has 0 amide bonds. The maximum atomic E-state index is 11.8. The molecule has 1 atom stereocenters. The molecule has 1 aromatic heterocycles. The Bertz CT molecular complexity index is 245. The SMILES string of the molecule is OC(CNc1ccncn1)C(F)F. The van der Waals surface area contributed by atoms with E-state index in [0.717, 1.165) is 0 Å². The number of nitrogens with zero attached hydrogens (tertiary/aromatic N) is 2. The first-order valence-electron chi connectivity index (χ1n) is 3.66. The number of aliphatic hydroxyl groups is 1. The Morgan fingerprint density at radius 3 is 2.85 bits per heavy atom. The predicted molar refractivity (Wildman–Crippen MR) is 42.5 cm³/mol. The number of aromatic nitrogens is 2. The van der Waals surface area contributed by atoms with Gasteiger partial charge in [-0.1, -0.05) is 0 Å². The Balaban J connectivity index is 2.35. The summed E-state index contributed by atoms with van der Waals surface area (Å²) in [5.74, 6) is 0.412. The minimum atomic E-state index is -2.74. The smallest absolute Gasteiger partial charge is 0.265 e. The quantitative estimate of drug-likeness (QED) is 0.724. The first-order valence-corrected chi connectivity index (χ1v) is 3.66. The van der Waals surface area contributed by atoms with Crippen molar-refractivity contribution in [3.63, 3.8) is 0 Å². The van der Waals surface area contributed by atoms with Gasteiger partial charge in [0.05, 0.1) is 0 Å². The summed E-state index contributed by atoms with van der Waals surface area (Å²) in [6.45, 7) is -0.228. The van der Waals surface area contributed by atoms with Gasteiger partial charge in [-0.15, -0.1) is 0 Å². The standard InChI is InChI=1S/C7H9F2N3O/c8-7(9)5(13)3-11-6-1-2-10-4-12-6/h1-2,4-5,7,13H,3H2,(H,10,11,12). The van der Waals surface area contributed by atoms with E-state index in [1.54, 1.807) is 0 Å². The number of hydrogen-bond acceptors (Lipinski definition) is 4. The van der Waals surface area contributed by atoms with E-state index in [-0.39, 0.29) is 6.54 Å². The summed E-state index contributed by atoms with van der Waals surface area (Å²) in [6.07, 6.45) is -1.65. The lowest BCUT2D eigenvalue weighted by molar-refractivity contribution is 0.00380. The van der Waals surface area contributed by atoms with Crippen LogP contribution in [0.5, 0.6) is 0 Å². The number of alkyl halides is 2. The molecule has 0 spiro atoms. The molecular weight excluding hydrogens is 180 g/mol. The number of nitrogens with one attached hydrogen (secondary N) is 1. The average Bonchev–Trinajstić information content (AvgIpc) is 2.15. The Hall–Kier alpha value is -1.30. The van der Waals surface area contributed by atoms with Crippen LogP contribution < -0.4 is 5.32 Å². The molecule has 0 fully saturated rings. The number of hydrogen-bond donors (Lipinski definition) is 2. The zero-order chi connectivity index (χ0) is 9.68. The van der Waals surface area contributed by atoms with E-state index in [1.165, 1.54) is 18.6 Å². The van der Waals surface area contributed by atoms with Crippen molar-refractivity contribution in [1.82, 2.24) is 9.97 Å². The molecular formula is C7H9F2N3O. The summed E-state index contributed by atoms with van der Waals surface area (Å²) in [5.41, 5.74) is 0. The fourth-order valence-corrected chi connectivity index (χ4v) is 0.693. The third-order valence-corrected chi connectivity index (χ3v) is 1.37. The van der Waals surface area contributed by atoms with E-state index >= 15 is 0 Å². The average molecular weight is 189 g/mol. The highest BCUT2D eigenvalue weighted by Gasteiger charge is 2.15. The van der Waals surface area contributed by atoms with Crippen LogP contribution in [0, 0.1) is 0 Å². The summed E-state index contributed by atoms with van der Waals surface area (Å²) in [7, 11) is 0. The second kappa shape index (κ2) is 4.66. The third-order valence-electron chi connectivity index (χ3n) is 1.37. The van der Waals surface area contributed by atoms with Gasteiger partial charge in [-0.05, 0) is 6.07 Å². The molecule has 0 bridgehead atoms. The molecule has 0 saturated carbocycles. The van der Waals surface area contributed by atoms with E-state index < -0.39 is 12.5 Å². The van der Waals surface area contributed by atoms with Gasteiger partial charge in [0.2, 0.25) is 0 Å². The summed E-state index contributed by atoms with van der Waals surface area (Å²) in [5, 5.41) is 11.3. The third kappa shape index (κ3) is 3.29. The van der Waals surface area contributed by atoms with Gasteiger partial charge < -0.3 is 10.4 Å². The van der Waals surface area contributed by atoms with E-state index in [4.69, 9.17) is 5.11 Å². The normalized spacial score (nSPS) is 12.9. The van der Waals surface area contributed by atoms with E-state index in [9.17, 15) is 8.78 Å². The van der Waals surface area contributed by atoms with Crippen molar-refractivity contribution < 1.29 is 13.9 Å². The van der Waals surface area contributed by atoms with Crippen LogP contribution in [0.2, 0.25) is 0 Å². The highest BCUT2D eigenvalue weighted by atomic mass is 19.3. The lowest BCUT2D eigenvalue weighted by Gasteiger charge is -2.10. The molecule has 0 radical (unpaired) electrons. The molecule has 6 heteroatoms. The second-order valence-corrected chi connectivity index (χ2v) is 2.38. The van der Waals surface area contributed by atoms with Crippen LogP contribution in [0.4, 0.5) is 14.6 Å². The van der Waals surface area contributed by atoms with Crippen LogP contribution in [-0.4, -0.2) is 34.1 Å². The molecule has 1 aromatic rings. The number of rotatable bonds is 4. The predicted octanol–water partition coefficient (Wildman–Crippen LogP) is 0.514. The Kier molecular flexibility index (Phi) is 3.51. The summed E-state index contributed by atoms with van der Waals surface area (Å²) in [4.78, 5) is 7.38. The molecule has 0 aliphatic carbocycles. The van der Waals surface area contributed by atoms with Gasteiger partial charge in [0.25, 0.3) is 6.43 Å². The van der Waals surface area contributed by atoms with Crippen LogP contribution in [0.25, 0.3) is 0 Å². The van der Waals surface area contributed by atoms with Gasteiger partial charge >= 0.3 is 0 Å². The van der Waals surface area contributed by atoms with Crippen molar-refractivity contribution >= 4 is 5.82 Å². The molecule has 1 rings (SSSR count). The van der Waals surface area contributed by atoms with E-state index in [0.29, 0.717) is 5.82 Å². The summed E-state index contributed by atoms with van der Waals surface area (Å²) in [6, 6.07) is 1.53. The zero-order valence-corrected chi connectivity index (χ0v) is 6.69. The lowest BCUT2D eigenvalue weighted by atomic mass is 10.3. The highest BCUT2D eigenvalue weighted by Crippen LogP contribution is 2.03. The van der Waals surface area contributed by atoms with Crippen LogP contribution in [-0.2, 0) is 0 Å². The summed E-state index contributed by atoms with van der Waals surface area (Å²) < 4.78 is 23.6. The maximum Gasteiger partial charge on any atom is 0.265 e. The van der Waals surface area contributed by atoms with Crippen LogP contribution in [0.1, 0.15) is 0 Å². The van der Waals surface area contributed by atoms with Crippen molar-refractivity contribution in [2.24, 2.45) is 0 Å². The van der Waals surface area contributed by atoms with Gasteiger partial charge in [0.1, 0.15) is 18.2 Å². The van der Waals surface area contributed by atoms with Gasteiger partial charge in [-0.3, -0.25) is 0 Å². The fraction of sp³-hybridized carbons (Fsp3) is 0.429. The maximum absolute atomic E-state index is 11.8. The number of anilines is 1. The number of halogens is 2. The second-order valence-electron chi connectivity index (χ2n) is 2.38. The Labute approximate surface area is 73.6 Å².